The fourth-order valence-corrected chi connectivity index (χ4v) is 3.80. The second-order valence-electron chi connectivity index (χ2n) is 8.28. The van der Waals surface area contributed by atoms with Crippen molar-refractivity contribution >= 4 is 16.7 Å². The Morgan fingerprint density at radius 2 is 1.78 bits per heavy atom. The Labute approximate surface area is 187 Å². The van der Waals surface area contributed by atoms with E-state index in [0.717, 1.165) is 11.1 Å². The van der Waals surface area contributed by atoms with Crippen LogP contribution in [-0.4, -0.2) is 27.0 Å². The number of fused-ring (bicyclic) bond motifs is 1. The number of carbonyl (C=O) groups is 1. The molecule has 0 saturated carbocycles. The molecule has 5 heteroatoms. The molecule has 0 radical (unpaired) electrons. The van der Waals surface area contributed by atoms with Crippen LogP contribution in [-0.2, 0) is 13.0 Å². The Morgan fingerprint density at radius 1 is 1.00 bits per heavy atom. The van der Waals surface area contributed by atoms with Crippen LogP contribution in [0.5, 0.6) is 0 Å². The number of carbonyl (C=O) groups excluding carboxylic acids is 1. The second kappa shape index (κ2) is 9.28. The molecule has 0 aliphatic carbocycles. The monoisotopic (exact) mass is 426 g/mol. The fourth-order valence-electron chi connectivity index (χ4n) is 3.80. The summed E-state index contributed by atoms with van der Waals surface area (Å²) in [5.74, 6) is 0.0852. The molecule has 0 fully saturated rings. The molecule has 3 aromatic carbocycles. The second-order valence-corrected chi connectivity index (χ2v) is 8.28. The average molecular weight is 427 g/mol. The number of hydrogen-bond donors (Lipinski definition) is 1. The van der Waals surface area contributed by atoms with Crippen molar-refractivity contribution in [1.29, 1.82) is 0 Å². The molecule has 0 bridgehead atoms. The van der Waals surface area contributed by atoms with Crippen molar-refractivity contribution in [2.24, 2.45) is 0 Å². The van der Waals surface area contributed by atoms with E-state index in [1.807, 2.05) is 6.07 Å². The van der Waals surface area contributed by atoms with Crippen LogP contribution in [0.3, 0.4) is 0 Å². The maximum atomic E-state index is 12.9. The molecule has 0 aliphatic rings. The van der Waals surface area contributed by atoms with Gasteiger partial charge in [0.15, 0.2) is 5.78 Å². The van der Waals surface area contributed by atoms with Gasteiger partial charge < -0.3 is 5.11 Å². The van der Waals surface area contributed by atoms with Gasteiger partial charge in [-0.15, -0.1) is 0 Å². The van der Waals surface area contributed by atoms with Crippen molar-refractivity contribution in [3.8, 4) is 11.1 Å². The number of aryl methyl sites for hydroxylation is 2. The summed E-state index contributed by atoms with van der Waals surface area (Å²) in [6.45, 7) is 4.27. The standard InChI is InChI=1S/C27H26N2O3/c1-18(2)20-6-8-21(9-7-20)22-5-3-4-19(14-22)12-13-29-17-28-25-11-10-23(26(31)16-30)15-24(25)27(29)32/h3-11,14-15,17-18,30H,12-13,16H2,1-2H3. The third kappa shape index (κ3) is 4.53. The molecule has 5 nitrogen and oxygen atoms in total. The van der Waals surface area contributed by atoms with Crippen molar-refractivity contribution in [3.05, 3.63) is 100 Å². The lowest BCUT2D eigenvalue weighted by atomic mass is 9.97. The number of Topliss-reactive ketones (excluding diaryl/α,β-unsaturated/α-hetero) is 1. The van der Waals surface area contributed by atoms with E-state index in [9.17, 15) is 9.59 Å². The number of nitrogens with zero attached hydrogens (tertiary/aromatic N) is 2. The normalized spacial score (nSPS) is 11.2. The summed E-state index contributed by atoms with van der Waals surface area (Å²) in [5.41, 5.74) is 5.42. The van der Waals surface area contributed by atoms with E-state index < -0.39 is 12.4 Å². The molecule has 0 saturated heterocycles. The van der Waals surface area contributed by atoms with Crippen LogP contribution >= 0.6 is 0 Å². The van der Waals surface area contributed by atoms with Gasteiger partial charge >= 0.3 is 0 Å². The maximum Gasteiger partial charge on any atom is 0.261 e. The summed E-state index contributed by atoms with van der Waals surface area (Å²) < 4.78 is 1.57. The van der Waals surface area contributed by atoms with Crippen molar-refractivity contribution in [2.45, 2.75) is 32.7 Å². The predicted octanol–water partition coefficient (Wildman–Crippen LogP) is 4.60. The van der Waals surface area contributed by atoms with Crippen molar-refractivity contribution < 1.29 is 9.90 Å². The third-order valence-corrected chi connectivity index (χ3v) is 5.77. The van der Waals surface area contributed by atoms with Gasteiger partial charge in [0.1, 0.15) is 6.61 Å². The van der Waals surface area contributed by atoms with Crippen molar-refractivity contribution in [2.75, 3.05) is 6.61 Å². The third-order valence-electron chi connectivity index (χ3n) is 5.77. The molecule has 162 valence electrons. The highest BCUT2D eigenvalue weighted by atomic mass is 16.3. The summed E-state index contributed by atoms with van der Waals surface area (Å²) in [4.78, 5) is 29.1. The summed E-state index contributed by atoms with van der Waals surface area (Å²) in [7, 11) is 0. The molecule has 0 atom stereocenters. The molecule has 0 aliphatic heterocycles. The zero-order chi connectivity index (χ0) is 22.7. The highest BCUT2D eigenvalue weighted by molar-refractivity contribution is 5.99. The average Bonchev–Trinajstić information content (AvgIpc) is 2.83. The van der Waals surface area contributed by atoms with Crippen LogP contribution in [0.15, 0.2) is 77.9 Å². The maximum absolute atomic E-state index is 12.9. The number of rotatable bonds is 7. The van der Waals surface area contributed by atoms with Crippen LogP contribution < -0.4 is 5.56 Å². The zero-order valence-electron chi connectivity index (χ0n) is 18.3. The van der Waals surface area contributed by atoms with Gasteiger partial charge in [-0.1, -0.05) is 62.4 Å². The van der Waals surface area contributed by atoms with Gasteiger partial charge in [0, 0.05) is 12.1 Å². The van der Waals surface area contributed by atoms with Crippen LogP contribution in [0, 0.1) is 0 Å². The first-order chi connectivity index (χ1) is 15.5. The first kappa shape index (κ1) is 21.7. The minimum Gasteiger partial charge on any atom is -0.388 e. The highest BCUT2D eigenvalue weighted by Gasteiger charge is 2.10. The Morgan fingerprint density at radius 3 is 2.50 bits per heavy atom. The van der Waals surface area contributed by atoms with Crippen molar-refractivity contribution in [1.82, 2.24) is 9.55 Å². The minimum absolute atomic E-state index is 0.192. The van der Waals surface area contributed by atoms with Gasteiger partial charge in [0.2, 0.25) is 0 Å². The van der Waals surface area contributed by atoms with Crippen LogP contribution in [0.1, 0.15) is 41.3 Å². The number of benzene rings is 3. The van der Waals surface area contributed by atoms with Gasteiger partial charge in [-0.3, -0.25) is 14.2 Å². The van der Waals surface area contributed by atoms with E-state index in [2.05, 4.69) is 61.3 Å². The molecule has 1 heterocycles. The van der Waals surface area contributed by atoms with Crippen LogP contribution in [0.25, 0.3) is 22.0 Å². The number of aromatic nitrogens is 2. The highest BCUT2D eigenvalue weighted by Crippen LogP contribution is 2.24. The molecule has 4 rings (SSSR count). The smallest absolute Gasteiger partial charge is 0.261 e. The molecular formula is C27H26N2O3. The van der Waals surface area contributed by atoms with Gasteiger partial charge in [-0.05, 0) is 52.8 Å². The minimum atomic E-state index is -0.587. The molecule has 4 aromatic rings. The van der Waals surface area contributed by atoms with Gasteiger partial charge in [-0.25, -0.2) is 4.98 Å². The van der Waals surface area contributed by atoms with E-state index in [0.29, 0.717) is 35.3 Å². The first-order valence-electron chi connectivity index (χ1n) is 10.8. The lowest BCUT2D eigenvalue weighted by molar-refractivity contribution is 0.0904. The van der Waals surface area contributed by atoms with E-state index >= 15 is 0 Å². The molecule has 0 spiro atoms. The number of aliphatic hydroxyl groups is 1. The quantitative estimate of drug-likeness (QED) is 0.438. The molecule has 0 amide bonds. The number of ketones is 1. The van der Waals surface area contributed by atoms with Gasteiger partial charge in [-0.2, -0.15) is 0 Å². The number of hydrogen-bond acceptors (Lipinski definition) is 4. The predicted molar refractivity (Wildman–Crippen MR) is 127 cm³/mol. The summed E-state index contributed by atoms with van der Waals surface area (Å²) in [6, 6.07) is 21.7. The Hall–Kier alpha value is -3.57. The molecule has 32 heavy (non-hydrogen) atoms. The Kier molecular flexibility index (Phi) is 6.28. The Balaban J connectivity index is 1.56. The number of aliphatic hydroxyl groups excluding tert-OH is 1. The van der Waals surface area contributed by atoms with Crippen LogP contribution in [0.2, 0.25) is 0 Å². The van der Waals surface area contributed by atoms with Gasteiger partial charge in [0.05, 0.1) is 17.2 Å². The molecule has 0 unspecified atom stereocenters. The Bertz CT molecular complexity index is 1320. The lowest BCUT2D eigenvalue weighted by Gasteiger charge is -2.10. The zero-order valence-corrected chi connectivity index (χ0v) is 18.3. The SMILES string of the molecule is CC(C)c1ccc(-c2cccc(CCn3cnc4ccc(C(=O)CO)cc4c3=O)c2)cc1. The van der Waals surface area contributed by atoms with E-state index in [4.69, 9.17) is 5.11 Å². The summed E-state index contributed by atoms with van der Waals surface area (Å²) >= 11 is 0. The van der Waals surface area contributed by atoms with Crippen molar-refractivity contribution in [3.63, 3.8) is 0 Å². The van der Waals surface area contributed by atoms with E-state index in [1.165, 1.54) is 17.2 Å². The summed E-state index contributed by atoms with van der Waals surface area (Å²) in [5, 5.41) is 9.47. The van der Waals surface area contributed by atoms with Crippen LogP contribution in [0.4, 0.5) is 0 Å². The lowest BCUT2D eigenvalue weighted by Crippen LogP contribution is -2.22. The summed E-state index contributed by atoms with van der Waals surface area (Å²) in [6.07, 6.45) is 2.23. The molecule has 1 aromatic heterocycles. The van der Waals surface area contributed by atoms with E-state index in [-0.39, 0.29) is 5.56 Å². The largest absolute Gasteiger partial charge is 0.388 e. The first-order valence-corrected chi connectivity index (χ1v) is 10.8. The van der Waals surface area contributed by atoms with E-state index in [1.54, 1.807) is 23.0 Å². The molecular weight excluding hydrogens is 400 g/mol. The van der Waals surface area contributed by atoms with Gasteiger partial charge in [0.25, 0.3) is 5.56 Å². The fraction of sp³-hybridized carbons (Fsp3) is 0.222. The molecule has 1 N–H and O–H groups in total. The topological polar surface area (TPSA) is 72.2 Å².